The zero-order chi connectivity index (χ0) is 20.9. The third kappa shape index (κ3) is 5.00. The van der Waals surface area contributed by atoms with Crippen molar-refractivity contribution in [3.8, 4) is 0 Å². The molecule has 0 aliphatic heterocycles. The average molecular weight is 384 g/mol. The van der Waals surface area contributed by atoms with Crippen LogP contribution in [-0.4, -0.2) is 42.2 Å². The van der Waals surface area contributed by atoms with Crippen LogP contribution >= 0.6 is 0 Å². The Bertz CT molecular complexity index is 733. The highest BCUT2D eigenvalue weighted by molar-refractivity contribution is 5.85. The van der Waals surface area contributed by atoms with Crippen molar-refractivity contribution < 1.29 is 14.6 Å². The van der Waals surface area contributed by atoms with E-state index < -0.39 is 11.6 Å². The van der Waals surface area contributed by atoms with Gasteiger partial charge in [0, 0.05) is 6.54 Å². The van der Waals surface area contributed by atoms with E-state index in [0.29, 0.717) is 17.7 Å². The van der Waals surface area contributed by atoms with Gasteiger partial charge in [0.15, 0.2) is 0 Å². The lowest BCUT2D eigenvalue weighted by molar-refractivity contribution is -0.162. The topological polar surface area (TPSA) is 49.8 Å². The lowest BCUT2D eigenvalue weighted by Crippen LogP contribution is -2.40. The van der Waals surface area contributed by atoms with Gasteiger partial charge in [-0.05, 0) is 51.9 Å². The largest absolute Gasteiger partial charge is 0.462 e. The fourth-order valence-electron chi connectivity index (χ4n) is 3.68. The van der Waals surface area contributed by atoms with Crippen molar-refractivity contribution >= 4 is 5.97 Å². The average Bonchev–Trinajstić information content (AvgIpc) is 2.62. The van der Waals surface area contributed by atoms with E-state index in [1.165, 1.54) is 0 Å². The van der Waals surface area contributed by atoms with Gasteiger partial charge in [0.2, 0.25) is 5.60 Å². The Morgan fingerprint density at radius 1 is 0.857 bits per heavy atom. The van der Waals surface area contributed by atoms with Crippen LogP contribution in [-0.2, 0) is 15.1 Å². The molecule has 0 fully saturated rings. The first-order valence-corrected chi connectivity index (χ1v) is 10.00. The molecule has 2 aromatic rings. The molecule has 4 nitrogen and oxygen atoms in total. The van der Waals surface area contributed by atoms with Crippen LogP contribution < -0.4 is 0 Å². The highest BCUT2D eigenvalue weighted by atomic mass is 16.5. The number of ether oxygens (including phenoxy) is 1. The summed E-state index contributed by atoms with van der Waals surface area (Å²) in [6.07, 6.45) is 0. The number of likely N-dealkylation sites (N-methyl/N-ethyl adjacent to an activating group) is 1. The molecule has 0 saturated heterocycles. The summed E-state index contributed by atoms with van der Waals surface area (Å²) in [6.45, 7) is 14.7. The molecular formula is C24H33NO3. The fraction of sp³-hybridized carbons (Fsp3) is 0.458. The highest BCUT2D eigenvalue weighted by Crippen LogP contribution is 2.33. The molecule has 0 radical (unpaired) electrons. The molecule has 2 rings (SSSR count). The van der Waals surface area contributed by atoms with Gasteiger partial charge in [0.1, 0.15) is 6.61 Å². The highest BCUT2D eigenvalue weighted by Gasteiger charge is 2.42. The van der Waals surface area contributed by atoms with Gasteiger partial charge in [-0.3, -0.25) is 0 Å². The van der Waals surface area contributed by atoms with Gasteiger partial charge in [-0.1, -0.05) is 72.5 Å². The van der Waals surface area contributed by atoms with Crippen LogP contribution in [0.4, 0.5) is 0 Å². The van der Waals surface area contributed by atoms with Crippen LogP contribution in [0.5, 0.6) is 0 Å². The van der Waals surface area contributed by atoms with E-state index in [2.05, 4.69) is 18.7 Å². The quantitative estimate of drug-likeness (QED) is 0.699. The second-order valence-corrected chi connectivity index (χ2v) is 7.63. The predicted octanol–water partition coefficient (Wildman–Crippen LogP) is 4.04. The summed E-state index contributed by atoms with van der Waals surface area (Å²) >= 11 is 0. The zero-order valence-corrected chi connectivity index (χ0v) is 18.0. The number of hydrogen-bond donors (Lipinski definition) is 1. The number of carbonyl (C=O) groups is 1. The SMILES string of the molecule is CCN(CC)CCOC(=O)C(O)(c1cc(C)cc(C)c1)c1cc(C)cc(C)c1. The molecule has 0 aliphatic carbocycles. The number of carbonyl (C=O) groups excluding carboxylic acids is 1. The Labute approximate surface area is 169 Å². The third-order valence-corrected chi connectivity index (χ3v) is 5.11. The number of esters is 1. The maximum atomic E-state index is 13.2. The second kappa shape index (κ2) is 9.35. The molecule has 0 heterocycles. The summed E-state index contributed by atoms with van der Waals surface area (Å²) in [5.41, 5.74) is 3.23. The molecule has 0 atom stereocenters. The summed E-state index contributed by atoms with van der Waals surface area (Å²) in [5, 5.41) is 11.7. The normalized spacial score (nSPS) is 11.7. The van der Waals surface area contributed by atoms with Crippen LogP contribution in [0.2, 0.25) is 0 Å². The molecule has 1 N–H and O–H groups in total. The van der Waals surface area contributed by atoms with E-state index in [9.17, 15) is 9.90 Å². The van der Waals surface area contributed by atoms with E-state index in [4.69, 9.17) is 4.74 Å². The Hall–Kier alpha value is -2.17. The van der Waals surface area contributed by atoms with E-state index >= 15 is 0 Å². The molecule has 0 spiro atoms. The van der Waals surface area contributed by atoms with Crippen LogP contribution in [0.25, 0.3) is 0 Å². The molecule has 0 bridgehead atoms. The van der Waals surface area contributed by atoms with Gasteiger partial charge in [-0.25, -0.2) is 4.79 Å². The van der Waals surface area contributed by atoms with Gasteiger partial charge in [-0.15, -0.1) is 0 Å². The van der Waals surface area contributed by atoms with Crippen molar-refractivity contribution in [1.29, 1.82) is 0 Å². The molecule has 2 aromatic carbocycles. The first-order valence-electron chi connectivity index (χ1n) is 10.00. The van der Waals surface area contributed by atoms with E-state index in [-0.39, 0.29) is 6.61 Å². The Balaban J connectivity index is 2.45. The minimum Gasteiger partial charge on any atom is -0.462 e. The van der Waals surface area contributed by atoms with Crippen molar-refractivity contribution in [2.24, 2.45) is 0 Å². The smallest absolute Gasteiger partial charge is 0.347 e. The maximum absolute atomic E-state index is 13.2. The van der Waals surface area contributed by atoms with E-state index in [1.807, 2.05) is 64.1 Å². The Morgan fingerprint density at radius 2 is 1.25 bits per heavy atom. The van der Waals surface area contributed by atoms with Crippen LogP contribution in [0.1, 0.15) is 47.2 Å². The first-order chi connectivity index (χ1) is 13.2. The van der Waals surface area contributed by atoms with Crippen molar-refractivity contribution in [3.63, 3.8) is 0 Å². The Morgan fingerprint density at radius 3 is 1.61 bits per heavy atom. The molecule has 0 unspecified atom stereocenters. The zero-order valence-electron chi connectivity index (χ0n) is 18.0. The maximum Gasteiger partial charge on any atom is 0.347 e. The van der Waals surface area contributed by atoms with Gasteiger partial charge in [0.25, 0.3) is 0 Å². The molecule has 0 saturated carbocycles. The predicted molar refractivity (Wildman–Crippen MR) is 114 cm³/mol. The van der Waals surface area contributed by atoms with Crippen molar-refractivity contribution in [3.05, 3.63) is 69.8 Å². The van der Waals surface area contributed by atoms with Crippen molar-refractivity contribution in [2.45, 2.75) is 47.1 Å². The van der Waals surface area contributed by atoms with Crippen LogP contribution in [0.3, 0.4) is 0 Å². The first kappa shape index (κ1) is 22.1. The fourth-order valence-corrected chi connectivity index (χ4v) is 3.68. The number of rotatable bonds is 8. The molecule has 0 aliphatic rings. The standard InChI is InChI=1S/C24H33NO3/c1-7-25(8-2)9-10-28-23(26)24(27,21-13-17(3)11-18(4)14-21)22-15-19(5)12-20(6)16-22/h11-16,27H,7-10H2,1-6H3. The molecule has 0 amide bonds. The molecule has 4 heteroatoms. The minimum atomic E-state index is -1.84. The lowest BCUT2D eigenvalue weighted by Gasteiger charge is -2.29. The molecular weight excluding hydrogens is 350 g/mol. The van der Waals surface area contributed by atoms with E-state index in [0.717, 1.165) is 35.3 Å². The second-order valence-electron chi connectivity index (χ2n) is 7.63. The van der Waals surface area contributed by atoms with Crippen molar-refractivity contribution in [1.82, 2.24) is 4.90 Å². The van der Waals surface area contributed by atoms with Gasteiger partial charge in [-0.2, -0.15) is 0 Å². The van der Waals surface area contributed by atoms with Crippen LogP contribution in [0.15, 0.2) is 36.4 Å². The van der Waals surface area contributed by atoms with Crippen molar-refractivity contribution in [2.75, 3.05) is 26.2 Å². The number of nitrogens with zero attached hydrogens (tertiary/aromatic N) is 1. The number of hydrogen-bond acceptors (Lipinski definition) is 4. The van der Waals surface area contributed by atoms with Gasteiger partial charge in [0.05, 0.1) is 0 Å². The van der Waals surface area contributed by atoms with Crippen LogP contribution in [0, 0.1) is 27.7 Å². The summed E-state index contributed by atoms with van der Waals surface area (Å²) in [5.74, 6) is -0.630. The molecule has 28 heavy (non-hydrogen) atoms. The minimum absolute atomic E-state index is 0.248. The summed E-state index contributed by atoms with van der Waals surface area (Å²) in [7, 11) is 0. The number of aryl methyl sites for hydroxylation is 4. The monoisotopic (exact) mass is 383 g/mol. The number of aliphatic hydroxyl groups is 1. The number of benzene rings is 2. The third-order valence-electron chi connectivity index (χ3n) is 5.11. The van der Waals surface area contributed by atoms with Gasteiger partial charge >= 0.3 is 5.97 Å². The van der Waals surface area contributed by atoms with Gasteiger partial charge < -0.3 is 14.7 Å². The lowest BCUT2D eigenvalue weighted by atomic mass is 9.83. The summed E-state index contributed by atoms with van der Waals surface area (Å²) in [4.78, 5) is 15.4. The summed E-state index contributed by atoms with van der Waals surface area (Å²) in [6, 6.07) is 11.5. The summed E-state index contributed by atoms with van der Waals surface area (Å²) < 4.78 is 5.58. The molecule has 152 valence electrons. The molecule has 0 aromatic heterocycles. The Kier molecular flexibility index (Phi) is 7.39. The van der Waals surface area contributed by atoms with E-state index in [1.54, 1.807) is 0 Å².